The Morgan fingerprint density at radius 3 is 2.42 bits per heavy atom. The van der Waals surface area contributed by atoms with E-state index in [9.17, 15) is 4.79 Å². The van der Waals surface area contributed by atoms with Gasteiger partial charge in [0.15, 0.2) is 0 Å². The van der Waals surface area contributed by atoms with Crippen molar-refractivity contribution in [3.05, 3.63) is 54.4 Å². The first-order valence-electron chi connectivity index (χ1n) is 6.39. The van der Waals surface area contributed by atoms with E-state index in [2.05, 4.69) is 5.32 Å². The Kier molecular flexibility index (Phi) is 4.36. The van der Waals surface area contributed by atoms with E-state index in [1.54, 1.807) is 12.1 Å². The standard InChI is InChI=1S/C15H18N2O2/c1-2-13(11-18)16-15(19)12-5-7-14(8-6-12)17-9-3-4-10-17/h3-10,13,18H,2,11H2,1H3,(H,16,19)/t13-/m1/s1. The number of carbonyl (C=O) groups excluding carboxylic acids is 1. The van der Waals surface area contributed by atoms with E-state index in [1.165, 1.54) is 0 Å². The number of nitrogens with zero attached hydrogens (tertiary/aromatic N) is 1. The molecule has 0 radical (unpaired) electrons. The molecule has 1 amide bonds. The van der Waals surface area contributed by atoms with Crippen LogP contribution in [0.2, 0.25) is 0 Å². The minimum atomic E-state index is -0.184. The minimum absolute atomic E-state index is 0.0380. The number of nitrogens with one attached hydrogen (secondary N) is 1. The van der Waals surface area contributed by atoms with Crippen LogP contribution >= 0.6 is 0 Å². The van der Waals surface area contributed by atoms with Gasteiger partial charge in [0, 0.05) is 23.6 Å². The number of hydrogen-bond acceptors (Lipinski definition) is 2. The van der Waals surface area contributed by atoms with Gasteiger partial charge in [-0.1, -0.05) is 6.92 Å². The van der Waals surface area contributed by atoms with Gasteiger partial charge in [-0.15, -0.1) is 0 Å². The molecule has 0 saturated heterocycles. The van der Waals surface area contributed by atoms with Gasteiger partial charge in [-0.3, -0.25) is 4.79 Å². The lowest BCUT2D eigenvalue weighted by molar-refractivity contribution is 0.0915. The number of aromatic nitrogens is 1. The Bertz CT molecular complexity index is 514. The summed E-state index contributed by atoms with van der Waals surface area (Å²) in [6.07, 6.45) is 4.62. The molecule has 100 valence electrons. The van der Waals surface area contributed by atoms with Gasteiger partial charge in [-0.25, -0.2) is 0 Å². The van der Waals surface area contributed by atoms with Crippen LogP contribution < -0.4 is 5.32 Å². The summed E-state index contributed by atoms with van der Waals surface area (Å²) in [5.41, 5.74) is 1.61. The molecule has 0 aliphatic carbocycles. The summed E-state index contributed by atoms with van der Waals surface area (Å²) < 4.78 is 1.98. The SMILES string of the molecule is CC[C@H](CO)NC(=O)c1ccc(-n2cccc2)cc1. The first kappa shape index (κ1) is 13.4. The van der Waals surface area contributed by atoms with E-state index in [1.807, 2.05) is 48.1 Å². The maximum Gasteiger partial charge on any atom is 0.251 e. The first-order chi connectivity index (χ1) is 9.24. The van der Waals surface area contributed by atoms with E-state index >= 15 is 0 Å². The van der Waals surface area contributed by atoms with E-state index in [0.717, 1.165) is 5.69 Å². The van der Waals surface area contributed by atoms with E-state index in [0.29, 0.717) is 12.0 Å². The normalized spacial score (nSPS) is 12.1. The quantitative estimate of drug-likeness (QED) is 0.861. The Labute approximate surface area is 112 Å². The summed E-state index contributed by atoms with van der Waals surface area (Å²) in [7, 11) is 0. The second kappa shape index (κ2) is 6.20. The molecule has 4 heteroatoms. The third-order valence-electron chi connectivity index (χ3n) is 3.08. The summed E-state index contributed by atoms with van der Waals surface area (Å²) in [6.45, 7) is 1.89. The molecule has 0 aliphatic heterocycles. The van der Waals surface area contributed by atoms with Crippen LogP contribution in [0.15, 0.2) is 48.8 Å². The average molecular weight is 258 g/mol. The van der Waals surface area contributed by atoms with Crippen LogP contribution in [-0.2, 0) is 0 Å². The summed E-state index contributed by atoms with van der Waals surface area (Å²) in [4.78, 5) is 11.9. The van der Waals surface area contributed by atoms with Crippen molar-refractivity contribution in [3.63, 3.8) is 0 Å². The highest BCUT2D eigenvalue weighted by atomic mass is 16.3. The molecular formula is C15H18N2O2. The van der Waals surface area contributed by atoms with E-state index in [4.69, 9.17) is 5.11 Å². The van der Waals surface area contributed by atoms with E-state index < -0.39 is 0 Å². The number of aliphatic hydroxyl groups excluding tert-OH is 1. The number of rotatable bonds is 5. The monoisotopic (exact) mass is 258 g/mol. The molecule has 2 aromatic rings. The number of carbonyl (C=O) groups is 1. The fraction of sp³-hybridized carbons (Fsp3) is 0.267. The molecule has 0 bridgehead atoms. The summed E-state index contributed by atoms with van der Waals surface area (Å²) in [5, 5.41) is 11.9. The second-order valence-electron chi connectivity index (χ2n) is 4.40. The highest BCUT2D eigenvalue weighted by Gasteiger charge is 2.11. The lowest BCUT2D eigenvalue weighted by Gasteiger charge is -2.14. The predicted octanol–water partition coefficient (Wildman–Crippen LogP) is 1.98. The molecular weight excluding hydrogens is 240 g/mol. The fourth-order valence-electron chi connectivity index (χ4n) is 1.84. The molecule has 0 saturated carbocycles. The Balaban J connectivity index is 2.08. The van der Waals surface area contributed by atoms with Crippen LogP contribution in [0.5, 0.6) is 0 Å². The molecule has 1 aromatic carbocycles. The van der Waals surface area contributed by atoms with Gasteiger partial charge in [0.25, 0.3) is 5.91 Å². The number of amides is 1. The van der Waals surface area contributed by atoms with Gasteiger partial charge in [-0.2, -0.15) is 0 Å². The highest BCUT2D eigenvalue weighted by molar-refractivity contribution is 5.94. The van der Waals surface area contributed by atoms with Gasteiger partial charge in [0.2, 0.25) is 0 Å². The summed E-state index contributed by atoms with van der Waals surface area (Å²) >= 11 is 0. The van der Waals surface area contributed by atoms with Crippen LogP contribution in [0.25, 0.3) is 5.69 Å². The van der Waals surface area contributed by atoms with Crippen molar-refractivity contribution in [2.75, 3.05) is 6.61 Å². The van der Waals surface area contributed by atoms with Crippen molar-refractivity contribution < 1.29 is 9.90 Å². The van der Waals surface area contributed by atoms with Crippen LogP contribution in [0.3, 0.4) is 0 Å². The highest BCUT2D eigenvalue weighted by Crippen LogP contribution is 2.10. The van der Waals surface area contributed by atoms with Crippen molar-refractivity contribution in [2.45, 2.75) is 19.4 Å². The lowest BCUT2D eigenvalue weighted by atomic mass is 10.1. The van der Waals surface area contributed by atoms with Crippen LogP contribution in [0.4, 0.5) is 0 Å². The Morgan fingerprint density at radius 2 is 1.89 bits per heavy atom. The number of benzene rings is 1. The van der Waals surface area contributed by atoms with Gasteiger partial charge in [-0.05, 0) is 42.8 Å². The van der Waals surface area contributed by atoms with Crippen LogP contribution in [-0.4, -0.2) is 28.2 Å². The van der Waals surface area contributed by atoms with Crippen molar-refractivity contribution in [1.82, 2.24) is 9.88 Å². The Morgan fingerprint density at radius 1 is 1.26 bits per heavy atom. The zero-order valence-electron chi connectivity index (χ0n) is 10.9. The van der Waals surface area contributed by atoms with E-state index in [-0.39, 0.29) is 18.6 Å². The van der Waals surface area contributed by atoms with Crippen molar-refractivity contribution in [2.24, 2.45) is 0 Å². The van der Waals surface area contributed by atoms with Gasteiger partial charge >= 0.3 is 0 Å². The van der Waals surface area contributed by atoms with Crippen molar-refractivity contribution >= 4 is 5.91 Å². The maximum absolute atomic E-state index is 11.9. The minimum Gasteiger partial charge on any atom is -0.394 e. The van der Waals surface area contributed by atoms with Crippen molar-refractivity contribution in [1.29, 1.82) is 0 Å². The molecule has 1 heterocycles. The molecule has 0 unspecified atom stereocenters. The first-order valence-corrected chi connectivity index (χ1v) is 6.39. The van der Waals surface area contributed by atoms with Crippen LogP contribution in [0, 0.1) is 0 Å². The van der Waals surface area contributed by atoms with Crippen LogP contribution in [0.1, 0.15) is 23.7 Å². The zero-order valence-corrected chi connectivity index (χ0v) is 10.9. The molecule has 0 spiro atoms. The zero-order chi connectivity index (χ0) is 13.7. The summed E-state index contributed by atoms with van der Waals surface area (Å²) in [5.74, 6) is -0.153. The third kappa shape index (κ3) is 3.23. The lowest BCUT2D eigenvalue weighted by Crippen LogP contribution is -2.36. The molecule has 2 N–H and O–H groups in total. The molecule has 4 nitrogen and oxygen atoms in total. The predicted molar refractivity (Wildman–Crippen MR) is 74.4 cm³/mol. The molecule has 0 fully saturated rings. The fourth-order valence-corrected chi connectivity index (χ4v) is 1.84. The second-order valence-corrected chi connectivity index (χ2v) is 4.40. The summed E-state index contributed by atoms with van der Waals surface area (Å²) in [6, 6.07) is 11.1. The topological polar surface area (TPSA) is 54.3 Å². The van der Waals surface area contributed by atoms with Gasteiger partial charge in [0.05, 0.1) is 12.6 Å². The number of aliphatic hydroxyl groups is 1. The van der Waals surface area contributed by atoms with Gasteiger partial charge < -0.3 is 15.0 Å². The van der Waals surface area contributed by atoms with Gasteiger partial charge in [0.1, 0.15) is 0 Å². The molecule has 1 atom stereocenters. The smallest absolute Gasteiger partial charge is 0.251 e. The molecule has 19 heavy (non-hydrogen) atoms. The molecule has 1 aromatic heterocycles. The Hall–Kier alpha value is -2.07. The number of hydrogen-bond donors (Lipinski definition) is 2. The molecule has 0 aliphatic rings. The maximum atomic E-state index is 11.9. The molecule has 2 rings (SSSR count). The average Bonchev–Trinajstić information content (AvgIpc) is 2.99. The van der Waals surface area contributed by atoms with Crippen molar-refractivity contribution in [3.8, 4) is 5.69 Å². The largest absolute Gasteiger partial charge is 0.394 e. The third-order valence-corrected chi connectivity index (χ3v) is 3.08.